The van der Waals surface area contributed by atoms with Gasteiger partial charge in [-0.3, -0.25) is 0 Å². The molecular weight excluding hydrogens is 220 g/mol. The number of rotatable bonds is 4. The van der Waals surface area contributed by atoms with Gasteiger partial charge < -0.3 is 10.2 Å². The smallest absolute Gasteiger partial charge is 0.153 e. The lowest BCUT2D eigenvalue weighted by atomic mass is 10.1. The second-order valence-electron chi connectivity index (χ2n) is 3.82. The van der Waals surface area contributed by atoms with Gasteiger partial charge in [-0.15, -0.1) is 11.3 Å². The van der Waals surface area contributed by atoms with Crippen LogP contribution in [0.3, 0.4) is 0 Å². The maximum atomic E-state index is 5.71. The monoisotopic (exact) mass is 236 g/mol. The van der Waals surface area contributed by atoms with Crippen molar-refractivity contribution < 1.29 is 4.42 Å². The molecule has 2 aromatic rings. The van der Waals surface area contributed by atoms with Gasteiger partial charge in [0.25, 0.3) is 0 Å². The first kappa shape index (κ1) is 11.4. The van der Waals surface area contributed by atoms with E-state index in [1.54, 1.807) is 11.3 Å². The minimum absolute atomic E-state index is 0.370. The van der Waals surface area contributed by atoms with Crippen LogP contribution in [0.15, 0.2) is 21.9 Å². The molecule has 2 heterocycles. The van der Waals surface area contributed by atoms with E-state index in [-0.39, 0.29) is 0 Å². The van der Waals surface area contributed by atoms with Crippen molar-refractivity contribution in [1.82, 2.24) is 4.98 Å². The number of furan rings is 1. The zero-order chi connectivity index (χ0) is 11.5. The minimum Gasteiger partial charge on any atom is -0.460 e. The summed E-state index contributed by atoms with van der Waals surface area (Å²) in [6.45, 7) is 4.72. The van der Waals surface area contributed by atoms with E-state index in [0.29, 0.717) is 12.5 Å². The Morgan fingerprint density at radius 3 is 2.88 bits per heavy atom. The summed E-state index contributed by atoms with van der Waals surface area (Å²) in [5, 5.41) is 3.14. The third-order valence-electron chi connectivity index (χ3n) is 2.64. The Morgan fingerprint density at radius 1 is 1.50 bits per heavy atom. The molecule has 0 aliphatic heterocycles. The van der Waals surface area contributed by atoms with Crippen LogP contribution >= 0.6 is 11.3 Å². The lowest BCUT2D eigenvalue weighted by molar-refractivity contribution is 0.546. The number of hydrogen-bond acceptors (Lipinski definition) is 4. The molecule has 0 saturated carbocycles. The van der Waals surface area contributed by atoms with E-state index >= 15 is 0 Å². The van der Waals surface area contributed by atoms with Crippen LogP contribution in [0, 0.1) is 6.92 Å². The lowest BCUT2D eigenvalue weighted by Gasteiger charge is -2.06. The van der Waals surface area contributed by atoms with Gasteiger partial charge in [-0.2, -0.15) is 0 Å². The average molecular weight is 236 g/mol. The lowest BCUT2D eigenvalue weighted by Crippen LogP contribution is -2.11. The summed E-state index contributed by atoms with van der Waals surface area (Å²) in [7, 11) is 0. The highest BCUT2D eigenvalue weighted by Crippen LogP contribution is 2.28. The summed E-state index contributed by atoms with van der Waals surface area (Å²) in [6.07, 6.45) is 1.03. The Bertz CT molecular complexity index is 457. The van der Waals surface area contributed by atoms with Crippen LogP contribution in [0.1, 0.15) is 30.0 Å². The molecule has 16 heavy (non-hydrogen) atoms. The molecule has 4 heteroatoms. The van der Waals surface area contributed by atoms with Crippen LogP contribution < -0.4 is 5.73 Å². The van der Waals surface area contributed by atoms with Crippen LogP contribution in [0.2, 0.25) is 0 Å². The van der Waals surface area contributed by atoms with Gasteiger partial charge in [0.05, 0.1) is 5.01 Å². The molecule has 2 rings (SSSR count). The Labute approximate surface area is 99.3 Å². The van der Waals surface area contributed by atoms with Crippen LogP contribution in [-0.4, -0.2) is 11.5 Å². The van der Waals surface area contributed by atoms with E-state index in [0.717, 1.165) is 28.6 Å². The van der Waals surface area contributed by atoms with E-state index in [1.165, 1.54) is 0 Å². The fraction of sp³-hybridized carbons (Fsp3) is 0.417. The third kappa shape index (κ3) is 2.18. The number of nitrogens with two attached hydrogens (primary N) is 1. The molecule has 0 spiro atoms. The average Bonchev–Trinajstić information content (AvgIpc) is 2.89. The quantitative estimate of drug-likeness (QED) is 0.887. The normalized spacial score (nSPS) is 12.9. The van der Waals surface area contributed by atoms with E-state index in [9.17, 15) is 0 Å². The highest BCUT2D eigenvalue weighted by Gasteiger charge is 2.14. The molecule has 0 bridgehead atoms. The van der Waals surface area contributed by atoms with Crippen molar-refractivity contribution in [2.45, 2.75) is 26.2 Å². The highest BCUT2D eigenvalue weighted by atomic mass is 32.1. The van der Waals surface area contributed by atoms with Crippen molar-refractivity contribution in [3.63, 3.8) is 0 Å². The van der Waals surface area contributed by atoms with Gasteiger partial charge >= 0.3 is 0 Å². The third-order valence-corrected chi connectivity index (χ3v) is 3.65. The van der Waals surface area contributed by atoms with E-state index in [2.05, 4.69) is 11.9 Å². The second-order valence-corrected chi connectivity index (χ2v) is 4.71. The molecule has 1 unspecified atom stereocenters. The second kappa shape index (κ2) is 4.80. The molecule has 0 aliphatic carbocycles. The first-order chi connectivity index (χ1) is 7.74. The van der Waals surface area contributed by atoms with E-state index < -0.39 is 0 Å². The number of hydrogen-bond donors (Lipinski definition) is 1. The summed E-state index contributed by atoms with van der Waals surface area (Å²) < 4.78 is 5.54. The van der Waals surface area contributed by atoms with Crippen LogP contribution in [0.4, 0.5) is 0 Å². The van der Waals surface area contributed by atoms with Gasteiger partial charge in [0.15, 0.2) is 5.76 Å². The summed E-state index contributed by atoms with van der Waals surface area (Å²) in [6, 6.07) is 3.91. The number of nitrogens with zero attached hydrogens (tertiary/aromatic N) is 1. The van der Waals surface area contributed by atoms with E-state index in [4.69, 9.17) is 10.2 Å². The van der Waals surface area contributed by atoms with Crippen molar-refractivity contribution in [2.24, 2.45) is 5.73 Å². The van der Waals surface area contributed by atoms with Crippen LogP contribution in [-0.2, 0) is 0 Å². The van der Waals surface area contributed by atoms with Crippen LogP contribution in [0.25, 0.3) is 11.5 Å². The van der Waals surface area contributed by atoms with Crippen molar-refractivity contribution in [1.29, 1.82) is 0 Å². The van der Waals surface area contributed by atoms with Crippen molar-refractivity contribution in [3.8, 4) is 11.5 Å². The molecule has 3 nitrogen and oxygen atoms in total. The predicted molar refractivity (Wildman–Crippen MR) is 66.6 cm³/mol. The van der Waals surface area contributed by atoms with Crippen molar-refractivity contribution >= 4 is 11.3 Å². The van der Waals surface area contributed by atoms with Crippen LogP contribution in [0.5, 0.6) is 0 Å². The molecule has 0 saturated heterocycles. The Morgan fingerprint density at radius 2 is 2.31 bits per heavy atom. The zero-order valence-corrected chi connectivity index (χ0v) is 10.4. The first-order valence-electron chi connectivity index (χ1n) is 5.47. The Hall–Kier alpha value is -1.13. The highest BCUT2D eigenvalue weighted by molar-refractivity contribution is 7.10. The van der Waals surface area contributed by atoms with Gasteiger partial charge in [0, 0.05) is 17.8 Å². The SMILES string of the molecule is CCC(CN)c1nc(-c2ccc(C)o2)cs1. The molecule has 2 aromatic heterocycles. The first-order valence-corrected chi connectivity index (χ1v) is 6.34. The van der Waals surface area contributed by atoms with Gasteiger partial charge in [0.1, 0.15) is 11.5 Å². The molecule has 0 fully saturated rings. The van der Waals surface area contributed by atoms with Crippen molar-refractivity contribution in [2.75, 3.05) is 6.54 Å². The number of thiazole rings is 1. The summed E-state index contributed by atoms with van der Waals surface area (Å²) in [5.41, 5.74) is 6.63. The largest absolute Gasteiger partial charge is 0.460 e. The maximum absolute atomic E-state index is 5.71. The summed E-state index contributed by atoms with van der Waals surface area (Å²) >= 11 is 1.66. The summed E-state index contributed by atoms with van der Waals surface area (Å²) in [4.78, 5) is 4.58. The van der Waals surface area contributed by atoms with Gasteiger partial charge in [-0.25, -0.2) is 4.98 Å². The molecular formula is C12H16N2OS. The molecule has 86 valence electrons. The molecule has 0 radical (unpaired) electrons. The van der Waals surface area contributed by atoms with E-state index in [1.807, 2.05) is 24.4 Å². The Balaban J connectivity index is 2.25. The number of aryl methyl sites for hydroxylation is 1. The minimum atomic E-state index is 0.370. The molecule has 0 aromatic carbocycles. The predicted octanol–water partition coefficient (Wildman–Crippen LogP) is 3.16. The molecule has 0 aliphatic rings. The standard InChI is InChI=1S/C12H16N2OS/c1-3-9(6-13)12-14-10(7-16-12)11-5-4-8(2)15-11/h4-5,7,9H,3,6,13H2,1-2H3. The van der Waals surface area contributed by atoms with Gasteiger partial charge in [0.2, 0.25) is 0 Å². The molecule has 0 amide bonds. The maximum Gasteiger partial charge on any atom is 0.153 e. The summed E-state index contributed by atoms with van der Waals surface area (Å²) in [5.74, 6) is 2.12. The molecule has 2 N–H and O–H groups in total. The fourth-order valence-electron chi connectivity index (χ4n) is 1.60. The zero-order valence-electron chi connectivity index (χ0n) is 9.56. The Kier molecular flexibility index (Phi) is 3.41. The van der Waals surface area contributed by atoms with Crippen molar-refractivity contribution in [3.05, 3.63) is 28.3 Å². The van der Waals surface area contributed by atoms with Gasteiger partial charge in [-0.1, -0.05) is 6.92 Å². The number of aromatic nitrogens is 1. The van der Waals surface area contributed by atoms with Gasteiger partial charge in [-0.05, 0) is 25.5 Å². The fourth-order valence-corrected chi connectivity index (χ4v) is 2.61. The molecule has 1 atom stereocenters. The topological polar surface area (TPSA) is 52.0 Å².